The quantitative estimate of drug-likeness (QED) is 0.495. The molecule has 6 nitrogen and oxygen atoms in total. The molecule has 4 rings (SSSR count). The second-order valence-electron chi connectivity index (χ2n) is 7.03. The molecule has 1 heterocycles. The van der Waals surface area contributed by atoms with Crippen molar-refractivity contribution in [3.05, 3.63) is 74.1 Å². The van der Waals surface area contributed by atoms with Gasteiger partial charge in [-0.2, -0.15) is 0 Å². The summed E-state index contributed by atoms with van der Waals surface area (Å²) in [4.78, 5) is 28.1. The molecule has 1 amide bonds. The Balaban J connectivity index is 1.48. The number of carboxylic acids is 1. The number of thiazole rings is 1. The van der Waals surface area contributed by atoms with Crippen LogP contribution in [0.4, 0.5) is 4.79 Å². The molecule has 0 spiro atoms. The number of aliphatic carboxylic acids is 1. The molecule has 1 aliphatic carbocycles. The zero-order valence-corrected chi connectivity index (χ0v) is 18.5. The van der Waals surface area contributed by atoms with Crippen molar-refractivity contribution < 1.29 is 19.4 Å². The second-order valence-corrected chi connectivity index (χ2v) is 9.38. The first-order valence-electron chi connectivity index (χ1n) is 9.40. The summed E-state index contributed by atoms with van der Waals surface area (Å²) in [6.45, 7) is 1.98. The highest BCUT2D eigenvalue weighted by atomic mass is 79.9. The van der Waals surface area contributed by atoms with Crippen LogP contribution in [0.15, 0.2) is 52.3 Å². The first-order chi connectivity index (χ1) is 14.4. The molecule has 2 N–H and O–H groups in total. The minimum absolute atomic E-state index is 0.0580. The topological polar surface area (TPSA) is 88.5 Å². The van der Waals surface area contributed by atoms with Crippen LogP contribution in [0.2, 0.25) is 0 Å². The molecule has 1 aliphatic rings. The highest BCUT2D eigenvalue weighted by Crippen LogP contribution is 2.44. The number of carbonyl (C=O) groups is 2. The number of hydrogen-bond acceptors (Lipinski definition) is 5. The molecule has 0 bridgehead atoms. The highest BCUT2D eigenvalue weighted by Gasteiger charge is 2.30. The Morgan fingerprint density at radius 1 is 1.17 bits per heavy atom. The maximum atomic E-state index is 12.5. The molecule has 8 heteroatoms. The van der Waals surface area contributed by atoms with Crippen molar-refractivity contribution in [1.29, 1.82) is 0 Å². The molecule has 1 aromatic heterocycles. The van der Waals surface area contributed by atoms with E-state index in [9.17, 15) is 14.7 Å². The fourth-order valence-corrected chi connectivity index (χ4v) is 5.13. The summed E-state index contributed by atoms with van der Waals surface area (Å²) in [7, 11) is 0. The highest BCUT2D eigenvalue weighted by molar-refractivity contribution is 9.11. The van der Waals surface area contributed by atoms with E-state index >= 15 is 0 Å². The molecule has 0 aliphatic heterocycles. The maximum Gasteiger partial charge on any atom is 0.407 e. The third-order valence-corrected chi connectivity index (χ3v) is 7.19. The molecule has 3 aromatic rings. The number of rotatable bonds is 6. The minimum Gasteiger partial charge on any atom is -0.481 e. The van der Waals surface area contributed by atoms with Gasteiger partial charge in [-0.25, -0.2) is 9.78 Å². The first-order valence-corrected chi connectivity index (χ1v) is 11.0. The summed E-state index contributed by atoms with van der Waals surface area (Å²) in [6.07, 6.45) is -0.934. The van der Waals surface area contributed by atoms with Crippen molar-refractivity contribution in [3.8, 4) is 11.1 Å². The van der Waals surface area contributed by atoms with Gasteiger partial charge in [-0.05, 0) is 45.1 Å². The zero-order chi connectivity index (χ0) is 21.3. The molecule has 0 unspecified atom stereocenters. The smallest absolute Gasteiger partial charge is 0.407 e. The van der Waals surface area contributed by atoms with Crippen LogP contribution < -0.4 is 5.32 Å². The lowest BCUT2D eigenvalue weighted by molar-refractivity contribution is -0.137. The molecular formula is C22H19BrN2O4S. The number of ether oxygens (including phenoxy) is 1. The van der Waals surface area contributed by atoms with Gasteiger partial charge in [-0.15, -0.1) is 11.3 Å². The number of nitrogens with zero attached hydrogens (tertiary/aromatic N) is 1. The summed E-state index contributed by atoms with van der Waals surface area (Å²) in [5.74, 6) is -1.08. The van der Waals surface area contributed by atoms with Gasteiger partial charge >= 0.3 is 12.1 Å². The summed E-state index contributed by atoms with van der Waals surface area (Å²) >= 11 is 4.69. The van der Waals surface area contributed by atoms with E-state index in [1.165, 1.54) is 11.3 Å². The van der Waals surface area contributed by atoms with Crippen LogP contribution >= 0.6 is 27.3 Å². The van der Waals surface area contributed by atoms with Gasteiger partial charge in [0.25, 0.3) is 0 Å². The summed E-state index contributed by atoms with van der Waals surface area (Å²) in [5, 5.41) is 12.4. The third-order valence-electron chi connectivity index (χ3n) is 5.07. The van der Waals surface area contributed by atoms with Crippen LogP contribution in [-0.4, -0.2) is 28.8 Å². The van der Waals surface area contributed by atoms with Gasteiger partial charge in [0.15, 0.2) is 0 Å². The summed E-state index contributed by atoms with van der Waals surface area (Å²) in [6, 6.07) is 15.4. The normalized spacial score (nSPS) is 13.4. The minimum atomic E-state index is -1.03. The Labute approximate surface area is 186 Å². The average Bonchev–Trinajstić information content (AvgIpc) is 3.23. The van der Waals surface area contributed by atoms with Crippen molar-refractivity contribution in [2.75, 3.05) is 6.61 Å². The summed E-state index contributed by atoms with van der Waals surface area (Å²) in [5.41, 5.74) is 5.28. The third kappa shape index (κ3) is 4.11. The second kappa shape index (κ2) is 8.57. The fourth-order valence-electron chi connectivity index (χ4n) is 3.70. The van der Waals surface area contributed by atoms with E-state index in [-0.39, 0.29) is 18.9 Å². The van der Waals surface area contributed by atoms with E-state index in [1.54, 1.807) is 0 Å². The van der Waals surface area contributed by atoms with Crippen molar-refractivity contribution >= 4 is 39.3 Å². The monoisotopic (exact) mass is 486 g/mol. The van der Waals surface area contributed by atoms with Gasteiger partial charge in [0.2, 0.25) is 0 Å². The predicted molar refractivity (Wildman–Crippen MR) is 118 cm³/mol. The number of fused-ring (bicyclic) bond motifs is 3. The van der Waals surface area contributed by atoms with E-state index in [0.29, 0.717) is 5.01 Å². The van der Waals surface area contributed by atoms with Gasteiger partial charge in [0.05, 0.1) is 21.9 Å². The van der Waals surface area contributed by atoms with Crippen molar-refractivity contribution in [3.63, 3.8) is 0 Å². The molecule has 30 heavy (non-hydrogen) atoms. The van der Waals surface area contributed by atoms with Crippen molar-refractivity contribution in [1.82, 2.24) is 10.3 Å². The number of amides is 1. The van der Waals surface area contributed by atoms with E-state index < -0.39 is 18.1 Å². The lowest BCUT2D eigenvalue weighted by Gasteiger charge is -2.17. The van der Waals surface area contributed by atoms with Crippen LogP contribution in [0.1, 0.15) is 40.2 Å². The van der Waals surface area contributed by atoms with Crippen molar-refractivity contribution in [2.45, 2.75) is 25.3 Å². The van der Waals surface area contributed by atoms with Crippen LogP contribution in [0.5, 0.6) is 0 Å². The molecule has 0 saturated heterocycles. The summed E-state index contributed by atoms with van der Waals surface area (Å²) < 4.78 is 6.34. The Kier molecular flexibility index (Phi) is 5.87. The number of carboxylic acid groups (broad SMARTS) is 1. The Bertz CT molecular complexity index is 1050. The van der Waals surface area contributed by atoms with Crippen LogP contribution in [0, 0.1) is 6.92 Å². The lowest BCUT2D eigenvalue weighted by Crippen LogP contribution is -2.31. The lowest BCUT2D eigenvalue weighted by atomic mass is 9.98. The molecule has 0 saturated carbocycles. The number of aryl methyl sites for hydroxylation is 1. The predicted octanol–water partition coefficient (Wildman–Crippen LogP) is 5.27. The fraction of sp³-hybridized carbons (Fsp3) is 0.227. The number of hydrogen-bond donors (Lipinski definition) is 2. The van der Waals surface area contributed by atoms with Gasteiger partial charge in [0.1, 0.15) is 11.6 Å². The van der Waals surface area contributed by atoms with Gasteiger partial charge < -0.3 is 15.2 Å². The molecule has 154 valence electrons. The number of nitrogens with one attached hydrogen (secondary N) is 1. The van der Waals surface area contributed by atoms with Gasteiger partial charge in [0, 0.05) is 5.92 Å². The Morgan fingerprint density at radius 3 is 2.30 bits per heavy atom. The number of alkyl carbamates (subject to hydrolysis) is 1. The van der Waals surface area contributed by atoms with Crippen LogP contribution in [0.25, 0.3) is 11.1 Å². The van der Waals surface area contributed by atoms with E-state index in [4.69, 9.17) is 4.74 Å². The molecule has 0 fully saturated rings. The van der Waals surface area contributed by atoms with Gasteiger partial charge in [-0.1, -0.05) is 48.5 Å². The molecule has 0 radical (unpaired) electrons. The van der Waals surface area contributed by atoms with Crippen LogP contribution in [0.3, 0.4) is 0 Å². The SMILES string of the molecule is Cc1nc([C@H](CC(=O)O)NC(=O)OCC2c3ccccc3-c3ccccc32)sc1Br. The largest absolute Gasteiger partial charge is 0.481 e. The number of carbonyl (C=O) groups excluding carboxylic acids is 1. The van der Waals surface area contributed by atoms with Crippen molar-refractivity contribution in [2.24, 2.45) is 0 Å². The maximum absolute atomic E-state index is 12.5. The molecule has 2 aromatic carbocycles. The zero-order valence-electron chi connectivity index (χ0n) is 16.1. The first kappa shape index (κ1) is 20.6. The number of benzene rings is 2. The van der Waals surface area contributed by atoms with Gasteiger partial charge in [-0.3, -0.25) is 4.79 Å². The van der Waals surface area contributed by atoms with Crippen LogP contribution in [-0.2, 0) is 9.53 Å². The Morgan fingerprint density at radius 2 is 1.77 bits per heavy atom. The van der Waals surface area contributed by atoms with E-state index in [1.807, 2.05) is 43.3 Å². The number of halogens is 1. The standard InChI is InChI=1S/C22H19BrN2O4S/c1-12-20(23)30-21(24-12)18(10-19(26)27)25-22(28)29-11-17-15-8-4-2-6-13(15)14-7-3-5-9-16(14)17/h2-9,17-18H,10-11H2,1H3,(H,25,28)(H,26,27)/t18-/m0/s1. The number of aromatic nitrogens is 1. The van der Waals surface area contributed by atoms with E-state index in [2.05, 4.69) is 38.4 Å². The molecular weight excluding hydrogens is 468 g/mol. The molecule has 1 atom stereocenters. The Hall–Kier alpha value is -2.71. The average molecular weight is 487 g/mol. The van der Waals surface area contributed by atoms with E-state index in [0.717, 1.165) is 31.7 Å².